The predicted molar refractivity (Wildman–Crippen MR) is 64.2 cm³/mol. The standard InChI is InChI=1S/C13H17NO4/c1-8-4-3-5-14(12(8)15)7-10-6-11(13(16)17)18-9(10)2/h6,8H,3-5,7H2,1-2H3,(H,16,17). The maximum Gasteiger partial charge on any atom is 0.371 e. The average molecular weight is 251 g/mol. The van der Waals surface area contributed by atoms with Crippen molar-refractivity contribution in [2.24, 2.45) is 5.92 Å². The summed E-state index contributed by atoms with van der Waals surface area (Å²) in [6.45, 7) is 4.82. The number of aryl methyl sites for hydroxylation is 1. The van der Waals surface area contributed by atoms with Crippen molar-refractivity contribution in [3.63, 3.8) is 0 Å². The molecule has 1 saturated heterocycles. The van der Waals surface area contributed by atoms with Crippen LogP contribution in [0.1, 0.15) is 41.6 Å². The van der Waals surface area contributed by atoms with Crippen molar-refractivity contribution < 1.29 is 19.1 Å². The Morgan fingerprint density at radius 1 is 1.61 bits per heavy atom. The van der Waals surface area contributed by atoms with Gasteiger partial charge in [-0.2, -0.15) is 0 Å². The summed E-state index contributed by atoms with van der Waals surface area (Å²) >= 11 is 0. The van der Waals surface area contributed by atoms with Gasteiger partial charge in [0.2, 0.25) is 11.7 Å². The minimum Gasteiger partial charge on any atom is -0.475 e. The zero-order valence-corrected chi connectivity index (χ0v) is 10.6. The van der Waals surface area contributed by atoms with Gasteiger partial charge in [0.25, 0.3) is 0 Å². The lowest BCUT2D eigenvalue weighted by molar-refractivity contribution is -0.138. The van der Waals surface area contributed by atoms with E-state index in [1.54, 1.807) is 11.8 Å². The molecule has 18 heavy (non-hydrogen) atoms. The van der Waals surface area contributed by atoms with Crippen LogP contribution in [0.25, 0.3) is 0 Å². The number of rotatable bonds is 3. The summed E-state index contributed by atoms with van der Waals surface area (Å²) in [5.74, 6) is -0.384. The number of carboxylic acids is 1. The fourth-order valence-corrected chi connectivity index (χ4v) is 2.28. The van der Waals surface area contributed by atoms with Gasteiger partial charge in [-0.25, -0.2) is 4.79 Å². The molecule has 1 fully saturated rings. The van der Waals surface area contributed by atoms with Gasteiger partial charge in [0.1, 0.15) is 5.76 Å². The van der Waals surface area contributed by atoms with E-state index in [0.717, 1.165) is 24.9 Å². The summed E-state index contributed by atoms with van der Waals surface area (Å²) in [6, 6.07) is 1.50. The Bertz CT molecular complexity index is 477. The summed E-state index contributed by atoms with van der Waals surface area (Å²) in [6.07, 6.45) is 1.93. The molecule has 1 aromatic heterocycles. The molecule has 1 aliphatic heterocycles. The smallest absolute Gasteiger partial charge is 0.371 e. The van der Waals surface area contributed by atoms with E-state index in [2.05, 4.69) is 0 Å². The molecule has 0 aliphatic carbocycles. The first-order valence-electron chi connectivity index (χ1n) is 6.10. The van der Waals surface area contributed by atoms with E-state index in [9.17, 15) is 9.59 Å². The van der Waals surface area contributed by atoms with Crippen molar-refractivity contribution in [3.05, 3.63) is 23.2 Å². The molecular weight excluding hydrogens is 234 g/mol. The van der Waals surface area contributed by atoms with Crippen LogP contribution >= 0.6 is 0 Å². The third-order valence-corrected chi connectivity index (χ3v) is 3.39. The molecule has 0 radical (unpaired) electrons. The molecule has 0 aromatic carbocycles. The average Bonchev–Trinajstić information content (AvgIpc) is 2.67. The van der Waals surface area contributed by atoms with Gasteiger partial charge in [-0.1, -0.05) is 6.92 Å². The first kappa shape index (κ1) is 12.7. The van der Waals surface area contributed by atoms with Gasteiger partial charge in [-0.05, 0) is 25.8 Å². The quantitative estimate of drug-likeness (QED) is 0.892. The zero-order chi connectivity index (χ0) is 13.3. The highest BCUT2D eigenvalue weighted by Gasteiger charge is 2.26. The number of nitrogens with zero attached hydrogens (tertiary/aromatic N) is 1. The maximum atomic E-state index is 12.0. The molecule has 1 aromatic rings. The molecule has 1 unspecified atom stereocenters. The number of amides is 1. The zero-order valence-electron chi connectivity index (χ0n) is 10.6. The molecule has 1 atom stereocenters. The first-order chi connectivity index (χ1) is 8.49. The van der Waals surface area contributed by atoms with Gasteiger partial charge in [0.15, 0.2) is 0 Å². The lowest BCUT2D eigenvalue weighted by atomic mass is 9.99. The summed E-state index contributed by atoms with van der Waals surface area (Å²) in [5.41, 5.74) is 0.773. The number of likely N-dealkylation sites (tertiary alicyclic amines) is 1. The van der Waals surface area contributed by atoms with Crippen molar-refractivity contribution in [1.82, 2.24) is 4.90 Å². The Kier molecular flexibility index (Phi) is 3.41. The monoisotopic (exact) mass is 251 g/mol. The van der Waals surface area contributed by atoms with Gasteiger partial charge in [-0.3, -0.25) is 4.79 Å². The highest BCUT2D eigenvalue weighted by atomic mass is 16.4. The number of hydrogen-bond donors (Lipinski definition) is 1. The van der Waals surface area contributed by atoms with Gasteiger partial charge in [0, 0.05) is 24.6 Å². The second kappa shape index (κ2) is 4.84. The third kappa shape index (κ3) is 2.39. The van der Waals surface area contributed by atoms with E-state index < -0.39 is 5.97 Å². The molecule has 1 N–H and O–H groups in total. The van der Waals surface area contributed by atoms with E-state index in [1.807, 2.05) is 6.92 Å². The normalized spacial score (nSPS) is 20.2. The van der Waals surface area contributed by atoms with Crippen LogP contribution in [0.3, 0.4) is 0 Å². The molecule has 98 valence electrons. The van der Waals surface area contributed by atoms with Gasteiger partial charge in [0.05, 0.1) is 0 Å². The molecule has 2 rings (SSSR count). The van der Waals surface area contributed by atoms with Crippen molar-refractivity contribution >= 4 is 11.9 Å². The van der Waals surface area contributed by atoms with Crippen LogP contribution in [0, 0.1) is 12.8 Å². The Morgan fingerprint density at radius 2 is 2.33 bits per heavy atom. The molecule has 5 heteroatoms. The number of furan rings is 1. The fourth-order valence-electron chi connectivity index (χ4n) is 2.28. The molecule has 1 aliphatic rings. The first-order valence-corrected chi connectivity index (χ1v) is 6.10. The van der Waals surface area contributed by atoms with Crippen LogP contribution in [0.2, 0.25) is 0 Å². The van der Waals surface area contributed by atoms with E-state index in [-0.39, 0.29) is 17.6 Å². The van der Waals surface area contributed by atoms with Gasteiger partial charge >= 0.3 is 5.97 Å². The second-order valence-corrected chi connectivity index (χ2v) is 4.80. The highest BCUT2D eigenvalue weighted by Crippen LogP contribution is 2.22. The van der Waals surface area contributed by atoms with Crippen LogP contribution < -0.4 is 0 Å². The van der Waals surface area contributed by atoms with Crippen LogP contribution in [0.15, 0.2) is 10.5 Å². The number of carboxylic acid groups (broad SMARTS) is 1. The minimum atomic E-state index is -1.08. The van der Waals surface area contributed by atoms with Crippen molar-refractivity contribution in [2.75, 3.05) is 6.54 Å². The van der Waals surface area contributed by atoms with Crippen LogP contribution in [0.4, 0.5) is 0 Å². The molecular formula is C13H17NO4. The molecule has 0 saturated carbocycles. The van der Waals surface area contributed by atoms with Crippen molar-refractivity contribution in [3.8, 4) is 0 Å². The largest absolute Gasteiger partial charge is 0.475 e. The molecule has 5 nitrogen and oxygen atoms in total. The highest BCUT2D eigenvalue weighted by molar-refractivity contribution is 5.84. The maximum absolute atomic E-state index is 12.0. The summed E-state index contributed by atoms with van der Waals surface area (Å²) in [5, 5.41) is 8.85. The van der Waals surface area contributed by atoms with E-state index in [0.29, 0.717) is 12.3 Å². The van der Waals surface area contributed by atoms with E-state index in [1.165, 1.54) is 6.07 Å². The third-order valence-electron chi connectivity index (χ3n) is 3.39. The SMILES string of the molecule is Cc1oc(C(=O)O)cc1CN1CCCC(C)C1=O. The van der Waals surface area contributed by atoms with Crippen molar-refractivity contribution in [1.29, 1.82) is 0 Å². The lowest BCUT2D eigenvalue weighted by Gasteiger charge is -2.30. The van der Waals surface area contributed by atoms with Gasteiger partial charge in [-0.15, -0.1) is 0 Å². The summed E-state index contributed by atoms with van der Waals surface area (Å²) in [7, 11) is 0. The molecule has 1 amide bonds. The van der Waals surface area contributed by atoms with Gasteiger partial charge < -0.3 is 14.4 Å². The second-order valence-electron chi connectivity index (χ2n) is 4.80. The summed E-state index contributed by atoms with van der Waals surface area (Å²) in [4.78, 5) is 24.5. The Morgan fingerprint density at radius 3 is 2.94 bits per heavy atom. The van der Waals surface area contributed by atoms with Crippen LogP contribution in [-0.4, -0.2) is 28.4 Å². The predicted octanol–water partition coefficient (Wildman–Crippen LogP) is 2.04. The molecule has 0 spiro atoms. The number of hydrogen-bond acceptors (Lipinski definition) is 3. The van der Waals surface area contributed by atoms with E-state index >= 15 is 0 Å². The Labute approximate surface area is 105 Å². The number of carbonyl (C=O) groups excluding carboxylic acids is 1. The Balaban J connectivity index is 2.13. The number of piperidine rings is 1. The lowest BCUT2D eigenvalue weighted by Crippen LogP contribution is -2.39. The minimum absolute atomic E-state index is 0.0601. The van der Waals surface area contributed by atoms with Crippen LogP contribution in [0.5, 0.6) is 0 Å². The topological polar surface area (TPSA) is 70.8 Å². The number of carbonyl (C=O) groups is 2. The summed E-state index contributed by atoms with van der Waals surface area (Å²) < 4.78 is 5.14. The van der Waals surface area contributed by atoms with Crippen LogP contribution in [-0.2, 0) is 11.3 Å². The molecule has 0 bridgehead atoms. The van der Waals surface area contributed by atoms with Crippen molar-refractivity contribution in [2.45, 2.75) is 33.2 Å². The molecule has 2 heterocycles. The Hall–Kier alpha value is -1.78. The number of aromatic carboxylic acids is 1. The fraction of sp³-hybridized carbons (Fsp3) is 0.538. The van der Waals surface area contributed by atoms with E-state index in [4.69, 9.17) is 9.52 Å².